The molecule has 5 heteroatoms. The average Bonchev–Trinajstić information content (AvgIpc) is 1.76. The van der Waals surface area contributed by atoms with Gasteiger partial charge in [-0.1, -0.05) is 0 Å². The Morgan fingerprint density at radius 3 is 2.00 bits per heavy atom. The van der Waals surface area contributed by atoms with Crippen molar-refractivity contribution in [2.45, 2.75) is 0 Å². The molecule has 0 aromatic carbocycles. The first-order valence-corrected chi connectivity index (χ1v) is 1.43. The van der Waals surface area contributed by atoms with E-state index in [4.69, 9.17) is 0 Å². The molecule has 0 unspecified atom stereocenters. The van der Waals surface area contributed by atoms with Crippen molar-refractivity contribution in [2.75, 3.05) is 0 Å². The molecule has 8 heavy (non-hydrogen) atoms. The van der Waals surface area contributed by atoms with Gasteiger partial charge in [-0.15, -0.1) is 0 Å². The summed E-state index contributed by atoms with van der Waals surface area (Å²) in [6.45, 7) is 0. The molecule has 0 radical (unpaired) electrons. The summed E-state index contributed by atoms with van der Waals surface area (Å²) in [6, 6.07) is 0. The van der Waals surface area contributed by atoms with E-state index in [0.717, 1.165) is 0 Å². The second-order valence-corrected chi connectivity index (χ2v) is 0.761. The van der Waals surface area contributed by atoms with Crippen LogP contribution >= 0.6 is 0 Å². The van der Waals surface area contributed by atoms with Gasteiger partial charge in [0.1, 0.15) is 0 Å². The molecule has 1 rings (SSSR count). The first-order valence-electron chi connectivity index (χ1n) is 1.43. The van der Waals surface area contributed by atoms with Gasteiger partial charge in [0, 0.05) is 12.4 Å². The van der Waals surface area contributed by atoms with Crippen LogP contribution in [0.25, 0.3) is 0 Å². The Kier molecular flexibility index (Phi) is 19.4. The van der Waals surface area contributed by atoms with Crippen LogP contribution in [0.3, 0.4) is 0 Å². The Morgan fingerprint density at radius 2 is 1.88 bits per heavy atom. The molecular formula is C3H6N2O2Pd. The van der Waals surface area contributed by atoms with Gasteiger partial charge in [-0.25, -0.2) is 4.98 Å². The van der Waals surface area contributed by atoms with Gasteiger partial charge in [0.15, 0.2) is 0 Å². The number of aromatic nitrogens is 2. The van der Waals surface area contributed by atoms with Gasteiger partial charge in [0.25, 0.3) is 0 Å². The quantitative estimate of drug-likeness (QED) is 0.611. The number of imidazole rings is 1. The Balaban J connectivity index is -0.0000000833. The monoisotopic (exact) mass is 208 g/mol. The fourth-order valence-electron chi connectivity index (χ4n) is 0.215. The zero-order valence-corrected chi connectivity index (χ0v) is 5.44. The summed E-state index contributed by atoms with van der Waals surface area (Å²) >= 11 is 0. The number of hydrogen-bond acceptors (Lipinski definition) is 3. The van der Waals surface area contributed by atoms with Gasteiger partial charge in [0.2, 0.25) is 0 Å². The van der Waals surface area contributed by atoms with E-state index < -0.39 is 0 Å². The minimum atomic E-state index is 0. The number of aromatic amines is 1. The number of hydrogen-bond donors (Lipinski definition) is 1. The minimum absolute atomic E-state index is 0. The zero-order chi connectivity index (χ0) is 3.54. The topological polar surface area (TPSA) is 88.7 Å². The predicted octanol–water partition coefficient (Wildman–Crippen LogP) is 0.0536. The van der Waals surface area contributed by atoms with Crippen molar-refractivity contribution >= 4 is 0 Å². The largest absolute Gasteiger partial charge is 2.00 e. The summed E-state index contributed by atoms with van der Waals surface area (Å²) in [4.78, 5) is 6.42. The second-order valence-electron chi connectivity index (χ2n) is 0.761. The molecule has 0 saturated carbocycles. The van der Waals surface area contributed by atoms with Crippen molar-refractivity contribution in [1.29, 1.82) is 0 Å². The minimum Gasteiger partial charge on any atom is -0.870 e. The van der Waals surface area contributed by atoms with Crippen molar-refractivity contribution in [3.63, 3.8) is 0 Å². The molecule has 0 bridgehead atoms. The molecule has 1 aromatic rings. The van der Waals surface area contributed by atoms with E-state index in [1.807, 2.05) is 0 Å². The van der Waals surface area contributed by atoms with E-state index in [0.29, 0.717) is 0 Å². The van der Waals surface area contributed by atoms with Crippen molar-refractivity contribution in [2.24, 2.45) is 0 Å². The van der Waals surface area contributed by atoms with Crippen LogP contribution in [0.15, 0.2) is 18.7 Å². The smallest absolute Gasteiger partial charge is 0.870 e. The maximum atomic E-state index is 3.67. The van der Waals surface area contributed by atoms with Gasteiger partial charge in [-0.2, -0.15) is 0 Å². The molecule has 0 aliphatic carbocycles. The Bertz CT molecular complexity index is 71.8. The molecule has 4 nitrogen and oxygen atoms in total. The van der Waals surface area contributed by atoms with Gasteiger partial charge in [0.05, 0.1) is 6.33 Å². The van der Waals surface area contributed by atoms with E-state index in [1.165, 1.54) is 0 Å². The molecule has 0 atom stereocenters. The summed E-state index contributed by atoms with van der Waals surface area (Å²) in [5.41, 5.74) is 0. The van der Waals surface area contributed by atoms with Gasteiger partial charge in [-0.05, 0) is 0 Å². The maximum absolute atomic E-state index is 3.67. The van der Waals surface area contributed by atoms with Crippen LogP contribution in [-0.4, -0.2) is 20.9 Å². The van der Waals surface area contributed by atoms with Crippen molar-refractivity contribution in [1.82, 2.24) is 9.97 Å². The van der Waals surface area contributed by atoms with E-state index in [9.17, 15) is 0 Å². The summed E-state index contributed by atoms with van der Waals surface area (Å²) in [6.07, 6.45) is 5.08. The third kappa shape index (κ3) is 5.79. The molecule has 1 heterocycles. The molecule has 50 valence electrons. The standard InChI is InChI=1S/C3H4N2.2H2O.Pd/c1-2-5-3-4-1;;;/h1-3H,(H,4,5);2*1H2;/q;;;+2/p-2. The van der Waals surface area contributed by atoms with Crippen molar-refractivity contribution < 1.29 is 31.4 Å². The van der Waals surface area contributed by atoms with Crippen LogP contribution in [0, 0.1) is 0 Å². The fraction of sp³-hybridized carbons (Fsp3) is 0. The van der Waals surface area contributed by atoms with Crippen LogP contribution in [0.4, 0.5) is 0 Å². The van der Waals surface area contributed by atoms with E-state index in [1.54, 1.807) is 18.7 Å². The molecule has 0 aliphatic rings. The number of nitrogens with one attached hydrogen (secondary N) is 1. The van der Waals surface area contributed by atoms with Crippen LogP contribution in [-0.2, 0) is 20.4 Å². The SMILES string of the molecule is [OH-].[OH-].[Pd+2].c1c[nH]cn1. The van der Waals surface area contributed by atoms with Gasteiger partial charge in [-0.3, -0.25) is 0 Å². The molecule has 1 aromatic heterocycles. The molecule has 0 saturated heterocycles. The molecule has 0 amide bonds. The van der Waals surface area contributed by atoms with Crippen molar-refractivity contribution in [3.8, 4) is 0 Å². The van der Waals surface area contributed by atoms with Crippen LogP contribution < -0.4 is 0 Å². The van der Waals surface area contributed by atoms with E-state index in [-0.39, 0.29) is 31.4 Å². The Morgan fingerprint density at radius 1 is 1.25 bits per heavy atom. The molecule has 0 spiro atoms. The summed E-state index contributed by atoms with van der Waals surface area (Å²) in [7, 11) is 0. The Labute approximate surface area is 60.6 Å². The van der Waals surface area contributed by atoms with Crippen molar-refractivity contribution in [3.05, 3.63) is 18.7 Å². The molecule has 0 fully saturated rings. The number of rotatable bonds is 0. The second kappa shape index (κ2) is 9.92. The van der Waals surface area contributed by atoms with E-state index in [2.05, 4.69) is 9.97 Å². The normalized spacial score (nSPS) is 5.00. The molecule has 3 N–H and O–H groups in total. The summed E-state index contributed by atoms with van der Waals surface area (Å²) in [5, 5.41) is 0. The van der Waals surface area contributed by atoms with Crippen LogP contribution in [0.5, 0.6) is 0 Å². The van der Waals surface area contributed by atoms with Crippen LogP contribution in [0.2, 0.25) is 0 Å². The first kappa shape index (κ1) is 15.7. The predicted molar refractivity (Wildman–Crippen MR) is 22.5 cm³/mol. The molecular weight excluding hydrogens is 202 g/mol. The van der Waals surface area contributed by atoms with Crippen LogP contribution in [0.1, 0.15) is 0 Å². The zero-order valence-electron chi connectivity index (χ0n) is 3.89. The third-order valence-electron chi connectivity index (χ3n) is 0.406. The summed E-state index contributed by atoms with van der Waals surface area (Å²) in [5.74, 6) is 0. The first-order chi connectivity index (χ1) is 2.50. The fourth-order valence-corrected chi connectivity index (χ4v) is 0.215. The average molecular weight is 209 g/mol. The third-order valence-corrected chi connectivity index (χ3v) is 0.406. The van der Waals surface area contributed by atoms with Gasteiger partial charge < -0.3 is 15.9 Å². The van der Waals surface area contributed by atoms with E-state index >= 15 is 0 Å². The summed E-state index contributed by atoms with van der Waals surface area (Å²) < 4.78 is 0. The number of H-pyrrole nitrogens is 1. The Hall–Kier alpha value is -0.208. The number of nitrogens with zero attached hydrogens (tertiary/aromatic N) is 1. The molecule has 0 aliphatic heterocycles. The maximum Gasteiger partial charge on any atom is 2.00 e. The van der Waals surface area contributed by atoms with Gasteiger partial charge >= 0.3 is 20.4 Å².